The molecule has 3 heterocycles. The van der Waals surface area contributed by atoms with Gasteiger partial charge in [0.15, 0.2) is 5.17 Å². The van der Waals surface area contributed by atoms with Crippen molar-refractivity contribution in [2.24, 2.45) is 4.99 Å². The van der Waals surface area contributed by atoms with Crippen LogP contribution >= 0.6 is 11.8 Å². The third-order valence-corrected chi connectivity index (χ3v) is 7.17. The minimum absolute atomic E-state index is 0.0942. The molecule has 178 valence electrons. The third-order valence-electron chi connectivity index (χ3n) is 6.16. The van der Waals surface area contributed by atoms with Crippen molar-refractivity contribution in [1.82, 2.24) is 20.2 Å². The molecule has 0 unspecified atom stereocenters. The average Bonchev–Trinajstić information content (AvgIpc) is 3.45. The van der Waals surface area contributed by atoms with E-state index in [1.807, 2.05) is 5.01 Å². The van der Waals surface area contributed by atoms with Crippen LogP contribution in [0.25, 0.3) is 6.08 Å². The number of likely N-dealkylation sites (tertiary alicyclic amines) is 1. The van der Waals surface area contributed by atoms with E-state index in [1.54, 1.807) is 11.0 Å². The number of amidine groups is 1. The van der Waals surface area contributed by atoms with Gasteiger partial charge in [-0.15, -0.1) is 0 Å². The number of rotatable bonds is 5. The quantitative estimate of drug-likeness (QED) is 0.655. The first-order valence-electron chi connectivity index (χ1n) is 11.5. The molecule has 0 aliphatic carbocycles. The van der Waals surface area contributed by atoms with Crippen LogP contribution in [0, 0.1) is 5.82 Å². The van der Waals surface area contributed by atoms with Crippen LogP contribution in [0.4, 0.5) is 9.18 Å². The van der Waals surface area contributed by atoms with E-state index in [1.165, 1.54) is 30.0 Å². The van der Waals surface area contributed by atoms with Gasteiger partial charge in [-0.05, 0) is 62.3 Å². The summed E-state index contributed by atoms with van der Waals surface area (Å²) < 4.78 is 19.6. The van der Waals surface area contributed by atoms with Gasteiger partial charge in [-0.2, -0.15) is 4.99 Å². The summed E-state index contributed by atoms with van der Waals surface area (Å²) in [4.78, 5) is 33.8. The monoisotopic (exact) mass is 475 g/mol. The molecular formula is C23H30FN5O3S. The van der Waals surface area contributed by atoms with Gasteiger partial charge in [0.25, 0.3) is 5.91 Å². The van der Waals surface area contributed by atoms with Gasteiger partial charge in [0.2, 0.25) is 0 Å². The molecule has 1 aromatic rings. The van der Waals surface area contributed by atoms with Crippen molar-refractivity contribution in [2.45, 2.75) is 39.2 Å². The van der Waals surface area contributed by atoms with Crippen molar-refractivity contribution in [1.29, 1.82) is 0 Å². The molecular weight excluding hydrogens is 445 g/mol. The second kappa shape index (κ2) is 10.7. The highest BCUT2D eigenvalue weighted by atomic mass is 32.2. The highest BCUT2D eigenvalue weighted by Gasteiger charge is 2.31. The Balaban J connectivity index is 1.46. The molecule has 1 aromatic carbocycles. The Kier molecular flexibility index (Phi) is 7.67. The van der Waals surface area contributed by atoms with Gasteiger partial charge in [0.1, 0.15) is 11.6 Å². The molecule has 2 amide bonds. The van der Waals surface area contributed by atoms with E-state index < -0.39 is 11.9 Å². The number of thioether (sulfide) groups is 1. The smallest absolute Gasteiger partial charge is 0.409 e. The number of hydrogen-bond donors (Lipinski definition) is 1. The Morgan fingerprint density at radius 1 is 1.33 bits per heavy atom. The molecule has 10 heteroatoms. The van der Waals surface area contributed by atoms with Crippen molar-refractivity contribution in [3.8, 4) is 5.75 Å². The molecule has 3 aliphatic heterocycles. The standard InChI is InChI=1S/C23H30FN5O3S/c1-3-27(4-2)18-9-12-28(15-18)23(31)32-19-14-17(24)8-7-16(19)13-20-21(30)26-22(33-20)29-11-6-5-10-25-29/h7-8,13-14,18,25H,3-6,9-12,15H2,1-2H3/t18-/m1/s1. The maximum atomic E-state index is 14.0. The maximum absolute atomic E-state index is 14.0. The number of nitrogens with zero attached hydrogens (tertiary/aromatic N) is 4. The summed E-state index contributed by atoms with van der Waals surface area (Å²) in [5, 5.41) is 2.49. The second-order valence-corrected chi connectivity index (χ2v) is 9.25. The molecule has 33 heavy (non-hydrogen) atoms. The lowest BCUT2D eigenvalue weighted by Crippen LogP contribution is -2.45. The molecule has 0 radical (unpaired) electrons. The van der Waals surface area contributed by atoms with Crippen molar-refractivity contribution in [3.05, 3.63) is 34.5 Å². The number of hydrazine groups is 1. The van der Waals surface area contributed by atoms with Gasteiger partial charge >= 0.3 is 6.09 Å². The number of halogens is 1. The summed E-state index contributed by atoms with van der Waals surface area (Å²) in [7, 11) is 0. The minimum atomic E-state index is -0.512. The summed E-state index contributed by atoms with van der Waals surface area (Å²) in [5.74, 6) is -0.774. The van der Waals surface area contributed by atoms with E-state index in [9.17, 15) is 14.0 Å². The normalized spacial score (nSPS) is 22.4. The Morgan fingerprint density at radius 3 is 2.88 bits per heavy atom. The minimum Gasteiger partial charge on any atom is -0.409 e. The van der Waals surface area contributed by atoms with E-state index in [-0.39, 0.29) is 11.7 Å². The Labute approximate surface area is 197 Å². The summed E-state index contributed by atoms with van der Waals surface area (Å²) in [5.41, 5.74) is 3.70. The predicted octanol–water partition coefficient (Wildman–Crippen LogP) is 3.31. The van der Waals surface area contributed by atoms with Crippen LogP contribution in [0.5, 0.6) is 5.75 Å². The highest BCUT2D eigenvalue weighted by Crippen LogP contribution is 2.33. The van der Waals surface area contributed by atoms with Gasteiger partial charge in [0.05, 0.1) is 4.91 Å². The SMILES string of the molecule is CCN(CC)[C@@H]1CCN(C(=O)Oc2cc(F)ccc2C=C2SC(N3CCCCN3)=NC2=O)C1. The van der Waals surface area contributed by atoms with Crippen LogP contribution in [0.15, 0.2) is 28.1 Å². The van der Waals surface area contributed by atoms with Crippen molar-refractivity contribution < 1.29 is 18.7 Å². The highest BCUT2D eigenvalue weighted by molar-refractivity contribution is 8.18. The molecule has 1 atom stereocenters. The lowest BCUT2D eigenvalue weighted by molar-refractivity contribution is -0.113. The molecule has 2 fully saturated rings. The molecule has 0 bridgehead atoms. The van der Waals surface area contributed by atoms with E-state index >= 15 is 0 Å². The molecule has 0 aromatic heterocycles. The summed E-state index contributed by atoms with van der Waals surface area (Å²) in [6, 6.07) is 4.28. The molecule has 0 spiro atoms. The first-order chi connectivity index (χ1) is 16.0. The van der Waals surface area contributed by atoms with Gasteiger partial charge in [-0.1, -0.05) is 13.8 Å². The number of ether oxygens (including phenoxy) is 1. The van der Waals surface area contributed by atoms with Gasteiger partial charge < -0.3 is 9.64 Å². The Hall–Kier alpha value is -2.43. The van der Waals surface area contributed by atoms with Gasteiger partial charge in [-0.3, -0.25) is 14.7 Å². The van der Waals surface area contributed by atoms with Crippen LogP contribution < -0.4 is 10.2 Å². The maximum Gasteiger partial charge on any atom is 0.415 e. The topological polar surface area (TPSA) is 77.5 Å². The number of likely N-dealkylation sites (N-methyl/N-ethyl adjacent to an activating group) is 1. The number of amides is 2. The van der Waals surface area contributed by atoms with Gasteiger partial charge in [-0.25, -0.2) is 14.6 Å². The summed E-state index contributed by atoms with van der Waals surface area (Å²) >= 11 is 1.26. The van der Waals surface area contributed by atoms with Crippen LogP contribution in [0.1, 0.15) is 38.7 Å². The third kappa shape index (κ3) is 5.56. The van der Waals surface area contributed by atoms with E-state index in [4.69, 9.17) is 4.74 Å². The number of nitrogens with one attached hydrogen (secondary N) is 1. The second-order valence-electron chi connectivity index (χ2n) is 8.24. The molecule has 2 saturated heterocycles. The van der Waals surface area contributed by atoms with Gasteiger partial charge in [0, 0.05) is 43.9 Å². The Bertz CT molecular complexity index is 959. The molecule has 4 rings (SSSR count). The fourth-order valence-electron chi connectivity index (χ4n) is 4.33. The zero-order valence-corrected chi connectivity index (χ0v) is 19.9. The average molecular weight is 476 g/mol. The predicted molar refractivity (Wildman–Crippen MR) is 127 cm³/mol. The van der Waals surface area contributed by atoms with Crippen LogP contribution in [0.2, 0.25) is 0 Å². The van der Waals surface area contributed by atoms with Crippen LogP contribution in [-0.4, -0.2) is 77.3 Å². The fraction of sp³-hybridized carbons (Fsp3) is 0.522. The van der Waals surface area contributed by atoms with Crippen molar-refractivity contribution >= 4 is 35.0 Å². The number of carbonyl (C=O) groups excluding carboxylic acids is 2. The molecule has 3 aliphatic rings. The van der Waals surface area contributed by atoms with Crippen LogP contribution in [-0.2, 0) is 4.79 Å². The summed E-state index contributed by atoms with van der Waals surface area (Å²) in [6.45, 7) is 8.88. The van der Waals surface area contributed by atoms with E-state index in [2.05, 4.69) is 29.2 Å². The lowest BCUT2D eigenvalue weighted by atomic mass is 10.2. The zero-order chi connectivity index (χ0) is 23.4. The fourth-order valence-corrected chi connectivity index (χ4v) is 5.24. The van der Waals surface area contributed by atoms with Crippen molar-refractivity contribution in [3.63, 3.8) is 0 Å². The molecule has 0 saturated carbocycles. The number of benzene rings is 1. The largest absolute Gasteiger partial charge is 0.415 e. The number of aliphatic imine (C=N–C) groups is 1. The lowest BCUT2D eigenvalue weighted by Gasteiger charge is -2.28. The number of carbonyl (C=O) groups is 2. The molecule has 1 N–H and O–H groups in total. The Morgan fingerprint density at radius 2 is 2.15 bits per heavy atom. The van der Waals surface area contributed by atoms with E-state index in [0.29, 0.717) is 34.8 Å². The first-order valence-corrected chi connectivity index (χ1v) is 12.3. The number of hydrogen-bond acceptors (Lipinski definition) is 7. The van der Waals surface area contributed by atoms with Crippen LogP contribution in [0.3, 0.4) is 0 Å². The van der Waals surface area contributed by atoms with E-state index in [0.717, 1.165) is 45.4 Å². The summed E-state index contributed by atoms with van der Waals surface area (Å²) in [6.07, 6.45) is 4.10. The molecule has 8 nitrogen and oxygen atoms in total. The van der Waals surface area contributed by atoms with Crippen molar-refractivity contribution in [2.75, 3.05) is 39.3 Å². The first kappa shape index (κ1) is 23.7. The zero-order valence-electron chi connectivity index (χ0n) is 19.1.